The summed E-state index contributed by atoms with van der Waals surface area (Å²) < 4.78 is 22.3. The molecule has 30 heavy (non-hydrogen) atoms. The van der Waals surface area contributed by atoms with E-state index in [1.165, 1.54) is 5.57 Å². The molecule has 4 rings (SSSR count). The van der Waals surface area contributed by atoms with Gasteiger partial charge in [-0.2, -0.15) is 0 Å². The number of hydrogen-bond donors (Lipinski definition) is 2. The Hall–Kier alpha value is -2.93. The predicted molar refractivity (Wildman–Crippen MR) is 113 cm³/mol. The molecule has 2 aromatic rings. The number of ether oxygens (including phenoxy) is 4. The maximum Gasteiger partial charge on any atom is 0.216 e. The molecule has 1 fully saturated rings. The number of aromatic nitrogens is 1. The largest absolute Gasteiger partial charge is 0.496 e. The molecular weight excluding hydrogens is 384 g/mol. The van der Waals surface area contributed by atoms with Crippen LogP contribution in [0.2, 0.25) is 0 Å². The second-order valence-electron chi connectivity index (χ2n) is 7.44. The van der Waals surface area contributed by atoms with Crippen molar-refractivity contribution < 1.29 is 24.1 Å². The fraction of sp³-hybridized carbons (Fsp3) is 0.435. The van der Waals surface area contributed by atoms with Crippen molar-refractivity contribution in [3.8, 4) is 23.1 Å². The van der Waals surface area contributed by atoms with Crippen molar-refractivity contribution in [3.63, 3.8) is 0 Å². The lowest BCUT2D eigenvalue weighted by atomic mass is 9.83. The molecule has 0 radical (unpaired) electrons. The molecule has 1 aliphatic heterocycles. The Labute approximate surface area is 175 Å². The number of benzene rings is 1. The molecule has 2 N–H and O–H groups in total. The average Bonchev–Trinajstić information content (AvgIpc) is 2.78. The van der Waals surface area contributed by atoms with Crippen molar-refractivity contribution in [2.75, 3.05) is 27.9 Å². The van der Waals surface area contributed by atoms with Crippen LogP contribution in [0, 0.1) is 0 Å². The summed E-state index contributed by atoms with van der Waals surface area (Å²) in [5.41, 5.74) is 2.95. The lowest BCUT2D eigenvalue weighted by molar-refractivity contribution is 0.152. The van der Waals surface area contributed by atoms with Crippen LogP contribution in [0.3, 0.4) is 0 Å². The highest BCUT2D eigenvalue weighted by atomic mass is 16.5. The summed E-state index contributed by atoms with van der Waals surface area (Å²) in [5, 5.41) is 16.0. The second-order valence-corrected chi connectivity index (χ2v) is 7.44. The third-order valence-corrected chi connectivity index (χ3v) is 5.74. The predicted octanol–water partition coefficient (Wildman–Crippen LogP) is 1.33. The number of rotatable bonds is 6. The summed E-state index contributed by atoms with van der Waals surface area (Å²) in [4.78, 5) is 4.39. The van der Waals surface area contributed by atoms with Crippen LogP contribution in [0.4, 0.5) is 0 Å². The van der Waals surface area contributed by atoms with Crippen LogP contribution in [0.25, 0.3) is 11.3 Å². The first-order valence-corrected chi connectivity index (χ1v) is 10.2. The molecule has 1 aromatic carbocycles. The maximum atomic E-state index is 10.3. The van der Waals surface area contributed by atoms with Gasteiger partial charge in [-0.1, -0.05) is 0 Å². The molecule has 160 valence electrons. The second kappa shape index (κ2) is 8.44. The Morgan fingerprint density at radius 3 is 2.47 bits per heavy atom. The molecule has 1 saturated carbocycles. The van der Waals surface area contributed by atoms with Gasteiger partial charge in [-0.25, -0.2) is 4.98 Å². The van der Waals surface area contributed by atoms with Crippen LogP contribution >= 0.6 is 0 Å². The van der Waals surface area contributed by atoms with E-state index in [1.807, 2.05) is 19.1 Å². The minimum Gasteiger partial charge on any atom is -0.496 e. The highest BCUT2D eigenvalue weighted by molar-refractivity contribution is 5.75. The van der Waals surface area contributed by atoms with Crippen molar-refractivity contribution in [1.82, 2.24) is 10.3 Å². The Balaban J connectivity index is 2.04. The molecule has 2 heterocycles. The number of aliphatic hydroxyl groups excluding tert-OH is 1. The number of fused-ring (bicyclic) bond motifs is 2. The van der Waals surface area contributed by atoms with Crippen LogP contribution in [-0.4, -0.2) is 50.2 Å². The molecule has 2 atom stereocenters. The van der Waals surface area contributed by atoms with Gasteiger partial charge in [0.15, 0.2) is 11.5 Å². The van der Waals surface area contributed by atoms with Gasteiger partial charge in [0.2, 0.25) is 5.88 Å². The first-order valence-electron chi connectivity index (χ1n) is 10.2. The van der Waals surface area contributed by atoms with E-state index >= 15 is 0 Å². The third-order valence-electron chi connectivity index (χ3n) is 5.74. The number of methoxy groups -OCH3 is 3. The quantitative estimate of drug-likeness (QED) is 0.741. The molecule has 0 unspecified atom stereocenters. The zero-order chi connectivity index (χ0) is 21.3. The lowest BCUT2D eigenvalue weighted by Gasteiger charge is -2.34. The van der Waals surface area contributed by atoms with Gasteiger partial charge in [-0.05, 0) is 49.1 Å². The molecule has 7 heteroatoms. The Morgan fingerprint density at radius 1 is 1.00 bits per heavy atom. The standard InChI is InChI=1S/C23H28N2O5/c1-5-30-21-9-14-15-8-13(26)6-7-18(15)25-23(16(14)10-20(21)28-3)17-12-24-22(29-4)11-19(17)27-2/h9-13,18,25-26H,5-8H2,1-4H3/t13-,18-/m1/s1. The van der Waals surface area contributed by atoms with Gasteiger partial charge in [-0.3, -0.25) is 0 Å². The number of pyridine rings is 1. The molecule has 1 aliphatic carbocycles. The topological polar surface area (TPSA) is 82.1 Å². The monoisotopic (exact) mass is 412 g/mol. The molecular formula is C23H28N2O5. The fourth-order valence-electron chi connectivity index (χ4n) is 4.31. The van der Waals surface area contributed by atoms with E-state index in [0.717, 1.165) is 34.5 Å². The van der Waals surface area contributed by atoms with Crippen LogP contribution in [0.5, 0.6) is 23.1 Å². The van der Waals surface area contributed by atoms with Gasteiger partial charge >= 0.3 is 0 Å². The van der Waals surface area contributed by atoms with E-state index < -0.39 is 0 Å². The zero-order valence-corrected chi connectivity index (χ0v) is 17.8. The van der Waals surface area contributed by atoms with E-state index in [-0.39, 0.29) is 12.1 Å². The van der Waals surface area contributed by atoms with E-state index in [1.54, 1.807) is 33.6 Å². The Morgan fingerprint density at radius 2 is 1.77 bits per heavy atom. The summed E-state index contributed by atoms with van der Waals surface area (Å²) in [5.74, 6) is 2.52. The van der Waals surface area contributed by atoms with Gasteiger partial charge in [0.1, 0.15) is 5.75 Å². The SMILES string of the molecule is CCOc1cc2c(cc1OC)=C(c1cnc(OC)cc1OC)N[C@@H]1CC[C@@H](O)CC=21. The van der Waals surface area contributed by atoms with E-state index in [2.05, 4.69) is 10.3 Å². The first-order chi connectivity index (χ1) is 14.6. The number of nitrogens with one attached hydrogen (secondary N) is 1. The summed E-state index contributed by atoms with van der Waals surface area (Å²) >= 11 is 0. The minimum atomic E-state index is -0.331. The fourth-order valence-corrected chi connectivity index (χ4v) is 4.31. The third kappa shape index (κ3) is 3.54. The van der Waals surface area contributed by atoms with Crippen LogP contribution in [0.15, 0.2) is 24.4 Å². The van der Waals surface area contributed by atoms with Gasteiger partial charge in [0.25, 0.3) is 0 Å². The molecule has 2 aliphatic rings. The van der Waals surface area contributed by atoms with E-state index in [4.69, 9.17) is 18.9 Å². The highest BCUT2D eigenvalue weighted by Gasteiger charge is 2.30. The van der Waals surface area contributed by atoms with Crippen molar-refractivity contribution in [2.45, 2.75) is 38.3 Å². The zero-order valence-electron chi connectivity index (χ0n) is 17.8. The molecule has 1 aromatic heterocycles. The summed E-state index contributed by atoms with van der Waals surface area (Å²) in [6, 6.07) is 5.92. The van der Waals surface area contributed by atoms with E-state index in [9.17, 15) is 5.11 Å². The average molecular weight is 412 g/mol. The van der Waals surface area contributed by atoms with Gasteiger partial charge in [0, 0.05) is 23.5 Å². The molecule has 7 nitrogen and oxygen atoms in total. The van der Waals surface area contributed by atoms with Crippen LogP contribution < -0.4 is 34.7 Å². The molecule has 0 saturated heterocycles. The van der Waals surface area contributed by atoms with Gasteiger partial charge in [0.05, 0.1) is 45.3 Å². The van der Waals surface area contributed by atoms with E-state index in [0.29, 0.717) is 36.2 Å². The molecule has 0 amide bonds. The van der Waals surface area contributed by atoms with Crippen LogP contribution in [-0.2, 0) is 0 Å². The van der Waals surface area contributed by atoms with Crippen molar-refractivity contribution >= 4 is 11.3 Å². The molecule has 0 spiro atoms. The van der Waals surface area contributed by atoms with Crippen molar-refractivity contribution in [3.05, 3.63) is 40.4 Å². The summed E-state index contributed by atoms with van der Waals surface area (Å²) in [7, 11) is 4.85. The number of nitrogens with zero attached hydrogens (tertiary/aromatic N) is 1. The van der Waals surface area contributed by atoms with Gasteiger partial charge in [-0.15, -0.1) is 0 Å². The normalized spacial score (nSPS) is 20.0. The Kier molecular flexibility index (Phi) is 5.72. The van der Waals surface area contributed by atoms with Crippen LogP contribution in [0.1, 0.15) is 31.7 Å². The highest BCUT2D eigenvalue weighted by Crippen LogP contribution is 2.32. The maximum absolute atomic E-state index is 10.3. The summed E-state index contributed by atoms with van der Waals surface area (Å²) in [6.45, 7) is 2.49. The van der Waals surface area contributed by atoms with Gasteiger partial charge < -0.3 is 29.4 Å². The number of aliphatic hydroxyl groups is 1. The first kappa shape index (κ1) is 20.3. The minimum absolute atomic E-state index is 0.130. The van der Waals surface area contributed by atoms with Crippen molar-refractivity contribution in [2.24, 2.45) is 0 Å². The Bertz CT molecular complexity index is 1070. The number of hydrogen-bond acceptors (Lipinski definition) is 7. The summed E-state index contributed by atoms with van der Waals surface area (Å²) in [6.07, 6.45) is 3.67. The smallest absolute Gasteiger partial charge is 0.216 e. The van der Waals surface area contributed by atoms with Crippen molar-refractivity contribution in [1.29, 1.82) is 0 Å². The molecule has 0 bridgehead atoms. The lowest BCUT2D eigenvalue weighted by Crippen LogP contribution is -2.49.